The van der Waals surface area contributed by atoms with Gasteiger partial charge in [-0.2, -0.15) is 0 Å². The Hall–Kier alpha value is -2.86. The van der Waals surface area contributed by atoms with Crippen LogP contribution in [0.2, 0.25) is 0 Å². The second-order valence-corrected chi connectivity index (χ2v) is 7.00. The number of aromatic nitrogens is 2. The molecule has 0 bridgehead atoms. The summed E-state index contributed by atoms with van der Waals surface area (Å²) in [5.74, 6) is 1.56. The van der Waals surface area contributed by atoms with Gasteiger partial charge in [-0.1, -0.05) is 35.9 Å². The Morgan fingerprint density at radius 1 is 1.17 bits per heavy atom. The molecule has 0 amide bonds. The van der Waals surface area contributed by atoms with Gasteiger partial charge in [0.1, 0.15) is 11.7 Å². The topological polar surface area (TPSA) is 63.3 Å². The Labute approximate surface area is 178 Å². The van der Waals surface area contributed by atoms with Crippen molar-refractivity contribution in [2.75, 3.05) is 5.94 Å². The fourth-order valence-corrected chi connectivity index (χ4v) is 2.95. The van der Waals surface area contributed by atoms with Crippen LogP contribution in [0.25, 0.3) is 0 Å². The van der Waals surface area contributed by atoms with E-state index in [1.807, 2.05) is 49.9 Å². The van der Waals surface area contributed by atoms with Gasteiger partial charge in [0.15, 0.2) is 5.84 Å². The summed E-state index contributed by atoms with van der Waals surface area (Å²) >= 11 is 4.09. The van der Waals surface area contributed by atoms with Crippen molar-refractivity contribution in [2.24, 2.45) is 4.99 Å². The molecule has 5 nitrogen and oxygen atoms in total. The zero-order chi connectivity index (χ0) is 21.2. The number of ether oxygens (including phenoxy) is 1. The van der Waals surface area contributed by atoms with Crippen LogP contribution in [0.5, 0.6) is 5.75 Å². The highest BCUT2D eigenvalue weighted by atomic mass is 32.1. The van der Waals surface area contributed by atoms with Gasteiger partial charge in [-0.05, 0) is 56.7 Å². The fraction of sp³-hybridized carbons (Fsp3) is 0.261. The van der Waals surface area contributed by atoms with Gasteiger partial charge in [-0.25, -0.2) is 9.98 Å². The van der Waals surface area contributed by atoms with Crippen LogP contribution >= 0.6 is 12.6 Å². The highest BCUT2D eigenvalue weighted by Crippen LogP contribution is 2.23. The summed E-state index contributed by atoms with van der Waals surface area (Å²) in [7, 11) is 0. The molecule has 1 N–H and O–H groups in total. The Kier molecular flexibility index (Phi) is 8.68. The minimum absolute atomic E-state index is 0.227. The van der Waals surface area contributed by atoms with Gasteiger partial charge in [0.05, 0.1) is 6.33 Å². The molecule has 3 aromatic rings. The number of hydrogen-bond donors (Lipinski definition) is 2. The zero-order valence-electron chi connectivity index (χ0n) is 17.2. The fourth-order valence-electron chi connectivity index (χ4n) is 2.82. The van der Waals surface area contributed by atoms with Crippen molar-refractivity contribution in [3.8, 4) is 5.75 Å². The standard InChI is InChI=1S/C14H18N2OS.C9H10N2/c1-11-8-14(17-10-18)12(2)7-13(11)3-5-16-6-4-15-9-16;1-7-3-5-8(6-4-7)9(10)11-2/h4,6-9,18H,3,5,10H2,1-2H3;3-6,10H,2H2,1H3. The minimum atomic E-state index is 0.227. The molecule has 0 saturated carbocycles. The van der Waals surface area contributed by atoms with E-state index < -0.39 is 0 Å². The summed E-state index contributed by atoms with van der Waals surface area (Å²) in [6.07, 6.45) is 6.65. The van der Waals surface area contributed by atoms with Crippen LogP contribution in [-0.2, 0) is 13.0 Å². The highest BCUT2D eigenvalue weighted by Gasteiger charge is 2.05. The molecule has 0 unspecified atom stereocenters. The van der Waals surface area contributed by atoms with E-state index in [-0.39, 0.29) is 5.84 Å². The first-order valence-corrected chi connectivity index (χ1v) is 9.99. The van der Waals surface area contributed by atoms with Gasteiger partial charge >= 0.3 is 0 Å². The monoisotopic (exact) mass is 408 g/mol. The van der Waals surface area contributed by atoms with Crippen molar-refractivity contribution in [1.29, 1.82) is 5.41 Å². The second-order valence-electron chi connectivity index (χ2n) is 6.74. The lowest BCUT2D eigenvalue weighted by atomic mass is 10.0. The number of rotatable bonds is 6. The molecule has 29 heavy (non-hydrogen) atoms. The molecule has 3 rings (SSSR count). The lowest BCUT2D eigenvalue weighted by Crippen LogP contribution is -2.02. The Morgan fingerprint density at radius 2 is 1.90 bits per heavy atom. The molecule has 152 valence electrons. The largest absolute Gasteiger partial charge is 0.483 e. The Balaban J connectivity index is 0.000000234. The van der Waals surface area contributed by atoms with Crippen LogP contribution < -0.4 is 4.74 Å². The molecular formula is C23H28N4OS. The van der Waals surface area contributed by atoms with E-state index in [0.29, 0.717) is 5.94 Å². The predicted molar refractivity (Wildman–Crippen MR) is 124 cm³/mol. The first kappa shape index (κ1) is 22.4. The van der Waals surface area contributed by atoms with E-state index in [9.17, 15) is 0 Å². The molecule has 0 saturated heterocycles. The minimum Gasteiger partial charge on any atom is -0.483 e. The normalized spacial score (nSPS) is 10.1. The maximum absolute atomic E-state index is 7.32. The molecule has 1 aromatic heterocycles. The van der Waals surface area contributed by atoms with Crippen molar-refractivity contribution >= 4 is 25.2 Å². The van der Waals surface area contributed by atoms with Crippen molar-refractivity contribution in [3.63, 3.8) is 0 Å². The summed E-state index contributed by atoms with van der Waals surface area (Å²) < 4.78 is 7.56. The number of amidine groups is 1. The third kappa shape index (κ3) is 6.91. The number of benzene rings is 2. The van der Waals surface area contributed by atoms with Crippen LogP contribution in [0, 0.1) is 26.2 Å². The molecule has 0 fully saturated rings. The molecule has 1 heterocycles. The van der Waals surface area contributed by atoms with E-state index >= 15 is 0 Å². The van der Waals surface area contributed by atoms with E-state index in [2.05, 4.69) is 59.9 Å². The summed E-state index contributed by atoms with van der Waals surface area (Å²) in [5.41, 5.74) is 5.77. The van der Waals surface area contributed by atoms with Gasteiger partial charge in [-0.15, -0.1) is 12.6 Å². The molecule has 0 aliphatic carbocycles. The number of thiol groups is 1. The van der Waals surface area contributed by atoms with Crippen LogP contribution in [0.1, 0.15) is 27.8 Å². The van der Waals surface area contributed by atoms with Crippen LogP contribution in [-0.4, -0.2) is 28.0 Å². The Morgan fingerprint density at radius 3 is 2.48 bits per heavy atom. The number of nitrogens with zero attached hydrogens (tertiary/aromatic N) is 3. The number of nitrogens with one attached hydrogen (secondary N) is 1. The first-order valence-electron chi connectivity index (χ1n) is 9.36. The third-order valence-electron chi connectivity index (χ3n) is 4.54. The summed E-state index contributed by atoms with van der Waals surface area (Å²) in [6.45, 7) is 10.4. The maximum atomic E-state index is 7.32. The zero-order valence-corrected chi connectivity index (χ0v) is 18.1. The first-order chi connectivity index (χ1) is 13.9. The third-order valence-corrected chi connectivity index (χ3v) is 4.66. The van der Waals surface area contributed by atoms with E-state index in [0.717, 1.165) is 29.8 Å². The predicted octanol–water partition coefficient (Wildman–Crippen LogP) is 5.03. The van der Waals surface area contributed by atoms with Crippen molar-refractivity contribution < 1.29 is 4.74 Å². The van der Waals surface area contributed by atoms with Gasteiger partial charge in [0, 0.05) is 24.5 Å². The van der Waals surface area contributed by atoms with Crippen molar-refractivity contribution in [2.45, 2.75) is 33.7 Å². The van der Waals surface area contributed by atoms with E-state index in [1.165, 1.54) is 16.7 Å². The second kappa shape index (κ2) is 11.2. The smallest absolute Gasteiger partial charge is 0.151 e. The van der Waals surface area contributed by atoms with E-state index in [4.69, 9.17) is 10.1 Å². The van der Waals surface area contributed by atoms with Gasteiger partial charge in [-0.3, -0.25) is 5.41 Å². The molecular weight excluding hydrogens is 380 g/mol. The summed E-state index contributed by atoms with van der Waals surface area (Å²) in [4.78, 5) is 7.57. The van der Waals surface area contributed by atoms with E-state index in [1.54, 1.807) is 0 Å². The average Bonchev–Trinajstić information content (AvgIpc) is 3.24. The molecule has 2 aromatic carbocycles. The Bertz CT molecular complexity index is 934. The molecule has 0 radical (unpaired) electrons. The molecule has 0 aliphatic heterocycles. The van der Waals surface area contributed by atoms with Crippen molar-refractivity contribution in [1.82, 2.24) is 9.55 Å². The van der Waals surface area contributed by atoms with Gasteiger partial charge < -0.3 is 9.30 Å². The quantitative estimate of drug-likeness (QED) is 0.260. The number of hydrogen-bond acceptors (Lipinski definition) is 4. The molecule has 6 heteroatoms. The van der Waals surface area contributed by atoms with Crippen molar-refractivity contribution in [3.05, 3.63) is 82.9 Å². The number of aliphatic imine (C=N–C) groups is 1. The van der Waals surface area contributed by atoms with Crippen LogP contribution in [0.15, 0.2) is 60.1 Å². The van der Waals surface area contributed by atoms with Gasteiger partial charge in [0.25, 0.3) is 0 Å². The maximum Gasteiger partial charge on any atom is 0.151 e. The lowest BCUT2D eigenvalue weighted by Gasteiger charge is -2.12. The van der Waals surface area contributed by atoms with Gasteiger partial charge in [0.2, 0.25) is 0 Å². The summed E-state index contributed by atoms with van der Waals surface area (Å²) in [6, 6.07) is 11.9. The number of aryl methyl sites for hydroxylation is 5. The van der Waals surface area contributed by atoms with Crippen LogP contribution in [0.4, 0.5) is 0 Å². The molecule has 0 spiro atoms. The van der Waals surface area contributed by atoms with Crippen LogP contribution in [0.3, 0.4) is 0 Å². The average molecular weight is 409 g/mol. The number of imidazole rings is 1. The molecule has 0 aliphatic rings. The summed E-state index contributed by atoms with van der Waals surface area (Å²) in [5, 5.41) is 7.32. The highest BCUT2D eigenvalue weighted by molar-refractivity contribution is 7.80. The SMILES string of the molecule is C=NC(=N)c1ccc(C)cc1.Cc1cc(OCS)c(C)cc1CCn1ccnc1. The molecule has 0 atom stereocenters. The lowest BCUT2D eigenvalue weighted by molar-refractivity contribution is 0.391.